The molecule has 0 spiro atoms. The second-order valence-electron chi connectivity index (χ2n) is 6.30. The van der Waals surface area contributed by atoms with Crippen LogP contribution in [0.1, 0.15) is 28.7 Å². The maximum atomic E-state index is 13.1. The monoisotopic (exact) mass is 403 g/mol. The molecule has 0 radical (unpaired) electrons. The van der Waals surface area contributed by atoms with Gasteiger partial charge in [-0.25, -0.2) is 0 Å². The van der Waals surface area contributed by atoms with Gasteiger partial charge in [0.15, 0.2) is 0 Å². The van der Waals surface area contributed by atoms with Crippen LogP contribution in [0.25, 0.3) is 0 Å². The molecule has 0 aliphatic carbocycles. The second-order valence-corrected chi connectivity index (χ2v) is 7.18. The van der Waals surface area contributed by atoms with Gasteiger partial charge < -0.3 is 5.32 Å². The summed E-state index contributed by atoms with van der Waals surface area (Å²) in [7, 11) is 0. The Labute approximate surface area is 166 Å². The molecular weight excluding hydrogens is 383 g/mol. The molecule has 3 aromatic rings. The number of aromatic nitrogens is 2. The molecule has 0 bridgehead atoms. The lowest BCUT2D eigenvalue weighted by Gasteiger charge is -2.30. The minimum atomic E-state index is -4.32. The van der Waals surface area contributed by atoms with Crippen molar-refractivity contribution in [1.29, 1.82) is 0 Å². The van der Waals surface area contributed by atoms with E-state index in [1.807, 2.05) is 42.7 Å². The maximum absolute atomic E-state index is 13.1. The molecule has 0 saturated carbocycles. The molecular formula is C21H20F3N3S. The molecule has 2 heterocycles. The fourth-order valence-electron chi connectivity index (χ4n) is 3.19. The van der Waals surface area contributed by atoms with Crippen molar-refractivity contribution >= 4 is 11.8 Å². The van der Waals surface area contributed by atoms with Gasteiger partial charge in [-0.1, -0.05) is 24.3 Å². The average molecular weight is 403 g/mol. The van der Waals surface area contributed by atoms with Crippen LogP contribution in [0.4, 0.5) is 13.2 Å². The Morgan fingerprint density at radius 2 is 1.54 bits per heavy atom. The third-order valence-electron chi connectivity index (χ3n) is 4.40. The summed E-state index contributed by atoms with van der Waals surface area (Å²) in [6.07, 6.45) is 4.31. The molecule has 1 aromatic carbocycles. The number of benzene rings is 1. The summed E-state index contributed by atoms with van der Waals surface area (Å²) in [5.74, 6) is -0.373. The molecule has 0 amide bonds. The zero-order valence-electron chi connectivity index (χ0n) is 15.2. The van der Waals surface area contributed by atoms with Crippen LogP contribution in [0.5, 0.6) is 0 Å². The first-order valence-corrected chi connectivity index (χ1v) is 9.94. The Kier molecular flexibility index (Phi) is 6.70. The van der Waals surface area contributed by atoms with E-state index in [9.17, 15) is 13.2 Å². The predicted octanol–water partition coefficient (Wildman–Crippen LogP) is 5.22. The van der Waals surface area contributed by atoms with Crippen LogP contribution in [-0.2, 0) is 0 Å². The summed E-state index contributed by atoms with van der Waals surface area (Å²) in [5, 5.41) is 2.73. The van der Waals surface area contributed by atoms with Gasteiger partial charge in [-0.15, -0.1) is 11.8 Å². The lowest BCUT2D eigenvalue weighted by molar-refractivity contribution is -0.126. The third-order valence-corrected chi connectivity index (χ3v) is 5.12. The largest absolute Gasteiger partial charge is 0.401 e. The van der Waals surface area contributed by atoms with E-state index in [2.05, 4.69) is 15.3 Å². The van der Waals surface area contributed by atoms with E-state index >= 15 is 0 Å². The highest BCUT2D eigenvalue weighted by atomic mass is 32.2. The normalized spacial score (nSPS) is 12.9. The van der Waals surface area contributed by atoms with E-state index in [1.54, 1.807) is 48.7 Å². The van der Waals surface area contributed by atoms with E-state index in [1.165, 1.54) is 0 Å². The smallest absolute Gasteiger partial charge is 0.301 e. The van der Waals surface area contributed by atoms with Crippen LogP contribution in [0.3, 0.4) is 0 Å². The zero-order chi connectivity index (χ0) is 20.0. The quantitative estimate of drug-likeness (QED) is 0.549. The number of nitrogens with one attached hydrogen (secondary N) is 1. The summed E-state index contributed by atoms with van der Waals surface area (Å²) in [6, 6.07) is 14.3. The first-order valence-electron chi connectivity index (χ1n) is 8.72. The van der Waals surface area contributed by atoms with Crippen LogP contribution in [0.15, 0.2) is 78.2 Å². The molecule has 0 fully saturated rings. The highest BCUT2D eigenvalue weighted by Crippen LogP contribution is 2.37. The van der Waals surface area contributed by atoms with Gasteiger partial charge in [0.25, 0.3) is 0 Å². The minimum absolute atomic E-state index is 0.373. The fourth-order valence-corrected chi connectivity index (χ4v) is 3.65. The van der Waals surface area contributed by atoms with E-state index < -0.39 is 18.8 Å². The minimum Gasteiger partial charge on any atom is -0.301 e. The fraction of sp³-hybridized carbons (Fsp3) is 0.238. The lowest BCUT2D eigenvalue weighted by atomic mass is 9.83. The Hall–Kier alpha value is -2.38. The van der Waals surface area contributed by atoms with E-state index in [0.29, 0.717) is 0 Å². The standard InChI is InChI=1S/C21H20F3N3S/c1-28-18-8-2-5-15(11-18)20(27-14-21(22,23)24)19(16-6-3-9-25-12-16)17-7-4-10-26-13-17/h2-13,19-20,27H,14H2,1H3. The van der Waals surface area contributed by atoms with Crippen LogP contribution in [-0.4, -0.2) is 28.9 Å². The van der Waals surface area contributed by atoms with Gasteiger partial charge in [0.2, 0.25) is 0 Å². The van der Waals surface area contributed by atoms with Crippen molar-refractivity contribution < 1.29 is 13.2 Å². The number of hydrogen-bond acceptors (Lipinski definition) is 4. The van der Waals surface area contributed by atoms with Gasteiger partial charge in [0.05, 0.1) is 6.54 Å². The van der Waals surface area contributed by atoms with Crippen molar-refractivity contribution in [3.8, 4) is 0 Å². The lowest BCUT2D eigenvalue weighted by Crippen LogP contribution is -2.35. The summed E-state index contributed by atoms with van der Waals surface area (Å²) in [6.45, 7) is -1.09. The Morgan fingerprint density at radius 1 is 0.929 bits per heavy atom. The van der Waals surface area contributed by atoms with Crippen molar-refractivity contribution in [2.75, 3.05) is 12.8 Å². The molecule has 28 heavy (non-hydrogen) atoms. The van der Waals surface area contributed by atoms with E-state index in [-0.39, 0.29) is 5.92 Å². The number of rotatable bonds is 7. The Balaban J connectivity index is 2.10. The molecule has 7 heteroatoms. The van der Waals surface area contributed by atoms with Gasteiger partial charge in [0, 0.05) is 41.6 Å². The van der Waals surface area contributed by atoms with E-state index in [0.717, 1.165) is 21.6 Å². The SMILES string of the molecule is CSc1cccc(C(NCC(F)(F)F)C(c2cccnc2)c2cccnc2)c1. The molecule has 1 N–H and O–H groups in total. The first-order chi connectivity index (χ1) is 13.5. The summed E-state index contributed by atoms with van der Waals surface area (Å²) in [4.78, 5) is 9.34. The van der Waals surface area contributed by atoms with Gasteiger partial charge in [-0.05, 0) is 47.2 Å². The van der Waals surface area contributed by atoms with Crippen molar-refractivity contribution in [2.24, 2.45) is 0 Å². The molecule has 0 saturated heterocycles. The molecule has 2 aromatic heterocycles. The van der Waals surface area contributed by atoms with Gasteiger partial charge in [0.1, 0.15) is 0 Å². The molecule has 3 rings (SSSR count). The summed E-state index contributed by atoms with van der Waals surface area (Å²) in [5.41, 5.74) is 2.43. The van der Waals surface area contributed by atoms with Crippen molar-refractivity contribution in [3.05, 3.63) is 90.0 Å². The number of halogens is 3. The molecule has 0 aliphatic rings. The summed E-state index contributed by atoms with van der Waals surface area (Å²) < 4.78 is 39.2. The summed E-state index contributed by atoms with van der Waals surface area (Å²) >= 11 is 1.55. The van der Waals surface area contributed by atoms with Crippen LogP contribution in [0, 0.1) is 0 Å². The Morgan fingerprint density at radius 3 is 2.04 bits per heavy atom. The Bertz CT molecular complexity index is 833. The number of hydrogen-bond donors (Lipinski definition) is 1. The van der Waals surface area contributed by atoms with Crippen LogP contribution < -0.4 is 5.32 Å². The van der Waals surface area contributed by atoms with Crippen LogP contribution in [0.2, 0.25) is 0 Å². The number of nitrogens with zero attached hydrogens (tertiary/aromatic N) is 2. The average Bonchev–Trinajstić information content (AvgIpc) is 2.71. The molecule has 3 nitrogen and oxygen atoms in total. The highest BCUT2D eigenvalue weighted by molar-refractivity contribution is 7.98. The third kappa shape index (κ3) is 5.33. The molecule has 1 unspecified atom stereocenters. The van der Waals surface area contributed by atoms with Gasteiger partial charge >= 0.3 is 6.18 Å². The zero-order valence-corrected chi connectivity index (χ0v) is 16.0. The maximum Gasteiger partial charge on any atom is 0.401 e. The second kappa shape index (κ2) is 9.21. The van der Waals surface area contributed by atoms with E-state index in [4.69, 9.17) is 0 Å². The van der Waals surface area contributed by atoms with Gasteiger partial charge in [-0.3, -0.25) is 9.97 Å². The number of thioether (sulfide) groups is 1. The first kappa shape index (κ1) is 20.4. The van der Waals surface area contributed by atoms with Crippen LogP contribution >= 0.6 is 11.8 Å². The topological polar surface area (TPSA) is 37.8 Å². The highest BCUT2D eigenvalue weighted by Gasteiger charge is 2.33. The van der Waals surface area contributed by atoms with Crippen molar-refractivity contribution in [1.82, 2.24) is 15.3 Å². The molecule has 0 aliphatic heterocycles. The predicted molar refractivity (Wildman–Crippen MR) is 105 cm³/mol. The number of alkyl halides is 3. The van der Waals surface area contributed by atoms with Crippen molar-refractivity contribution in [3.63, 3.8) is 0 Å². The molecule has 146 valence electrons. The molecule has 1 atom stereocenters. The number of pyridine rings is 2. The van der Waals surface area contributed by atoms with Gasteiger partial charge in [-0.2, -0.15) is 13.2 Å². The van der Waals surface area contributed by atoms with Crippen molar-refractivity contribution in [2.45, 2.75) is 23.0 Å².